The van der Waals surface area contributed by atoms with Crippen molar-refractivity contribution >= 4 is 12.0 Å². The topological polar surface area (TPSA) is 72.9 Å². The van der Waals surface area contributed by atoms with E-state index in [0.717, 1.165) is 18.7 Å². The van der Waals surface area contributed by atoms with Crippen LogP contribution in [0.2, 0.25) is 0 Å². The predicted molar refractivity (Wildman–Crippen MR) is 97.6 cm³/mol. The standard InChI is InChI=1S/C19H29N3O3/c1-15(2)21-10-12-22(13-11-21)19(25)20-17(8-9-18(23)24)14-16-6-4-3-5-7-16/h3-7,15,17H,8-14H2,1-2H3,(H,20,25)(H,23,24). The van der Waals surface area contributed by atoms with Gasteiger partial charge in [0.1, 0.15) is 0 Å². The lowest BCUT2D eigenvalue weighted by molar-refractivity contribution is -0.137. The maximum atomic E-state index is 12.6. The second kappa shape index (κ2) is 9.42. The number of carboxylic acids is 1. The fourth-order valence-electron chi connectivity index (χ4n) is 3.13. The molecule has 0 saturated carbocycles. The molecule has 1 atom stereocenters. The number of benzene rings is 1. The predicted octanol–water partition coefficient (Wildman–Crippen LogP) is 2.20. The summed E-state index contributed by atoms with van der Waals surface area (Å²) in [6.45, 7) is 7.50. The molecule has 1 unspecified atom stereocenters. The smallest absolute Gasteiger partial charge is 0.317 e. The summed E-state index contributed by atoms with van der Waals surface area (Å²) in [6, 6.07) is 10.1. The normalized spacial score (nSPS) is 16.7. The Morgan fingerprint density at radius 1 is 1.12 bits per heavy atom. The summed E-state index contributed by atoms with van der Waals surface area (Å²) in [5.41, 5.74) is 1.10. The first-order chi connectivity index (χ1) is 12.0. The first kappa shape index (κ1) is 19.2. The molecule has 0 aliphatic carbocycles. The van der Waals surface area contributed by atoms with Crippen molar-refractivity contribution in [2.45, 2.75) is 45.2 Å². The van der Waals surface area contributed by atoms with Gasteiger partial charge in [0.25, 0.3) is 0 Å². The molecule has 1 heterocycles. The van der Waals surface area contributed by atoms with E-state index in [9.17, 15) is 9.59 Å². The number of urea groups is 1. The summed E-state index contributed by atoms with van der Waals surface area (Å²) in [5, 5.41) is 12.0. The van der Waals surface area contributed by atoms with Crippen LogP contribution in [0.15, 0.2) is 30.3 Å². The molecule has 0 spiro atoms. The van der Waals surface area contributed by atoms with Gasteiger partial charge in [-0.1, -0.05) is 30.3 Å². The summed E-state index contributed by atoms with van der Waals surface area (Å²) in [4.78, 5) is 27.7. The number of carbonyl (C=O) groups is 2. The second-order valence-electron chi connectivity index (χ2n) is 6.89. The Hall–Kier alpha value is -2.08. The number of hydrogen-bond donors (Lipinski definition) is 2. The maximum absolute atomic E-state index is 12.6. The number of carboxylic acid groups (broad SMARTS) is 1. The Balaban J connectivity index is 1.91. The lowest BCUT2D eigenvalue weighted by atomic mass is 10.0. The average Bonchev–Trinajstić information content (AvgIpc) is 2.60. The van der Waals surface area contributed by atoms with Crippen molar-refractivity contribution < 1.29 is 14.7 Å². The van der Waals surface area contributed by atoms with Crippen molar-refractivity contribution in [2.24, 2.45) is 0 Å². The van der Waals surface area contributed by atoms with Crippen LogP contribution < -0.4 is 5.32 Å². The summed E-state index contributed by atoms with van der Waals surface area (Å²) in [6.07, 6.45) is 1.13. The number of hydrogen-bond acceptors (Lipinski definition) is 3. The second-order valence-corrected chi connectivity index (χ2v) is 6.89. The van der Waals surface area contributed by atoms with Gasteiger partial charge >= 0.3 is 12.0 Å². The molecule has 6 nitrogen and oxygen atoms in total. The van der Waals surface area contributed by atoms with Crippen LogP contribution in [-0.2, 0) is 11.2 Å². The van der Waals surface area contributed by atoms with E-state index in [-0.39, 0.29) is 18.5 Å². The molecule has 25 heavy (non-hydrogen) atoms. The average molecular weight is 347 g/mol. The highest BCUT2D eigenvalue weighted by molar-refractivity contribution is 5.75. The Morgan fingerprint density at radius 3 is 2.32 bits per heavy atom. The van der Waals surface area contributed by atoms with E-state index in [4.69, 9.17) is 5.11 Å². The van der Waals surface area contributed by atoms with Gasteiger partial charge in [-0.25, -0.2) is 4.79 Å². The SMILES string of the molecule is CC(C)N1CCN(C(=O)NC(CCC(=O)O)Cc2ccccc2)CC1. The lowest BCUT2D eigenvalue weighted by Gasteiger charge is -2.37. The molecule has 2 N–H and O–H groups in total. The van der Waals surface area contributed by atoms with Crippen molar-refractivity contribution in [3.05, 3.63) is 35.9 Å². The Labute approximate surface area is 149 Å². The Kier molecular flexibility index (Phi) is 7.25. The molecule has 0 aromatic heterocycles. The monoisotopic (exact) mass is 347 g/mol. The number of carbonyl (C=O) groups excluding carboxylic acids is 1. The van der Waals surface area contributed by atoms with Gasteiger partial charge < -0.3 is 15.3 Å². The van der Waals surface area contributed by atoms with Gasteiger partial charge in [0.05, 0.1) is 0 Å². The quantitative estimate of drug-likeness (QED) is 0.793. The van der Waals surface area contributed by atoms with Crippen molar-refractivity contribution in [1.82, 2.24) is 15.1 Å². The fourth-order valence-corrected chi connectivity index (χ4v) is 3.13. The molecule has 1 aromatic rings. The summed E-state index contributed by atoms with van der Waals surface area (Å²) < 4.78 is 0. The number of aliphatic carboxylic acids is 1. The summed E-state index contributed by atoms with van der Waals surface area (Å²) in [5.74, 6) is -0.835. The molecule has 0 radical (unpaired) electrons. The zero-order chi connectivity index (χ0) is 18.2. The van der Waals surface area contributed by atoms with Crippen molar-refractivity contribution in [2.75, 3.05) is 26.2 Å². The van der Waals surface area contributed by atoms with Crippen LogP contribution in [-0.4, -0.2) is 65.2 Å². The van der Waals surface area contributed by atoms with Gasteiger partial charge in [-0.05, 0) is 32.3 Å². The minimum absolute atomic E-state index is 0.0545. The van der Waals surface area contributed by atoms with Gasteiger partial charge in [-0.3, -0.25) is 9.69 Å². The van der Waals surface area contributed by atoms with Crippen molar-refractivity contribution in [1.29, 1.82) is 0 Å². The van der Waals surface area contributed by atoms with Crippen LogP contribution in [0.5, 0.6) is 0 Å². The molecule has 1 saturated heterocycles. The lowest BCUT2D eigenvalue weighted by Crippen LogP contribution is -2.54. The third-order valence-corrected chi connectivity index (χ3v) is 4.69. The number of nitrogens with one attached hydrogen (secondary N) is 1. The molecular formula is C19H29N3O3. The van der Waals surface area contributed by atoms with Crippen molar-refractivity contribution in [3.63, 3.8) is 0 Å². The molecule has 138 valence electrons. The van der Waals surface area contributed by atoms with Gasteiger partial charge in [0, 0.05) is 44.7 Å². The first-order valence-electron chi connectivity index (χ1n) is 9.01. The molecule has 1 fully saturated rings. The van der Waals surface area contributed by atoms with Crippen LogP contribution in [0.3, 0.4) is 0 Å². The summed E-state index contributed by atoms with van der Waals surface area (Å²) >= 11 is 0. The molecule has 1 aromatic carbocycles. The first-order valence-corrected chi connectivity index (χ1v) is 9.01. The van der Waals surface area contributed by atoms with Crippen LogP contribution in [0.25, 0.3) is 0 Å². The van der Waals surface area contributed by atoms with E-state index in [2.05, 4.69) is 24.1 Å². The van der Waals surface area contributed by atoms with E-state index in [0.29, 0.717) is 32.0 Å². The van der Waals surface area contributed by atoms with E-state index < -0.39 is 5.97 Å². The number of nitrogens with zero attached hydrogens (tertiary/aromatic N) is 2. The van der Waals surface area contributed by atoms with Crippen LogP contribution in [0, 0.1) is 0 Å². The zero-order valence-corrected chi connectivity index (χ0v) is 15.1. The van der Waals surface area contributed by atoms with Gasteiger partial charge in [0.2, 0.25) is 0 Å². The van der Waals surface area contributed by atoms with Gasteiger partial charge in [-0.15, -0.1) is 0 Å². The Bertz CT molecular complexity index is 554. The third-order valence-electron chi connectivity index (χ3n) is 4.69. The third kappa shape index (κ3) is 6.38. The van der Waals surface area contributed by atoms with E-state index in [1.54, 1.807) is 0 Å². The fraction of sp³-hybridized carbons (Fsp3) is 0.579. The minimum atomic E-state index is -0.835. The van der Waals surface area contributed by atoms with E-state index >= 15 is 0 Å². The van der Waals surface area contributed by atoms with Crippen molar-refractivity contribution in [3.8, 4) is 0 Å². The molecule has 1 aliphatic rings. The number of amides is 2. The van der Waals surface area contributed by atoms with E-state index in [1.807, 2.05) is 35.2 Å². The summed E-state index contributed by atoms with van der Waals surface area (Å²) in [7, 11) is 0. The molecule has 0 bridgehead atoms. The largest absolute Gasteiger partial charge is 0.481 e. The highest BCUT2D eigenvalue weighted by Crippen LogP contribution is 2.10. The highest BCUT2D eigenvalue weighted by Gasteiger charge is 2.24. The van der Waals surface area contributed by atoms with Gasteiger partial charge in [-0.2, -0.15) is 0 Å². The molecular weight excluding hydrogens is 318 g/mol. The molecule has 6 heteroatoms. The Morgan fingerprint density at radius 2 is 1.76 bits per heavy atom. The highest BCUT2D eigenvalue weighted by atomic mass is 16.4. The molecule has 1 aliphatic heterocycles. The van der Waals surface area contributed by atoms with Crippen LogP contribution in [0.1, 0.15) is 32.3 Å². The van der Waals surface area contributed by atoms with E-state index in [1.165, 1.54) is 0 Å². The zero-order valence-electron chi connectivity index (χ0n) is 15.1. The van der Waals surface area contributed by atoms with Crippen LogP contribution in [0.4, 0.5) is 4.79 Å². The van der Waals surface area contributed by atoms with Crippen LogP contribution >= 0.6 is 0 Å². The molecule has 2 amide bonds. The number of rotatable bonds is 7. The maximum Gasteiger partial charge on any atom is 0.317 e. The minimum Gasteiger partial charge on any atom is -0.481 e. The number of piperazine rings is 1. The molecule has 2 rings (SSSR count). The van der Waals surface area contributed by atoms with Gasteiger partial charge in [0.15, 0.2) is 0 Å².